The molecule has 3 rings (SSSR count). The van der Waals surface area contributed by atoms with E-state index in [1.807, 2.05) is 37.3 Å². The summed E-state index contributed by atoms with van der Waals surface area (Å²) >= 11 is 1.36. The number of aromatic nitrogens is 1. The number of carbonyl (C=O) groups excluding carboxylic acids is 1. The van der Waals surface area contributed by atoms with E-state index in [0.717, 1.165) is 5.56 Å². The zero-order valence-electron chi connectivity index (χ0n) is 13.9. The SMILES string of the molecule is CCOc1ccccc1OC(=O)c1csc(-c2ccccc2OC)n1. The lowest BCUT2D eigenvalue weighted by atomic mass is 10.2. The number of hydrogen-bond acceptors (Lipinski definition) is 6. The molecule has 0 saturated heterocycles. The van der Waals surface area contributed by atoms with Crippen LogP contribution in [0.25, 0.3) is 10.6 Å². The van der Waals surface area contributed by atoms with Crippen LogP contribution in [0.15, 0.2) is 53.9 Å². The fourth-order valence-corrected chi connectivity index (χ4v) is 3.09. The molecule has 0 saturated carbocycles. The average Bonchev–Trinajstić information content (AvgIpc) is 3.13. The van der Waals surface area contributed by atoms with Crippen LogP contribution in [0.1, 0.15) is 17.4 Å². The third kappa shape index (κ3) is 3.80. The number of carbonyl (C=O) groups is 1. The van der Waals surface area contributed by atoms with Crippen molar-refractivity contribution in [3.05, 3.63) is 59.6 Å². The Morgan fingerprint density at radius 1 is 1.04 bits per heavy atom. The number of para-hydroxylation sites is 3. The summed E-state index contributed by atoms with van der Waals surface area (Å²) in [5.41, 5.74) is 1.08. The van der Waals surface area contributed by atoms with Gasteiger partial charge in [-0.3, -0.25) is 0 Å². The highest BCUT2D eigenvalue weighted by atomic mass is 32.1. The number of esters is 1. The maximum atomic E-state index is 12.4. The van der Waals surface area contributed by atoms with Crippen molar-refractivity contribution in [2.75, 3.05) is 13.7 Å². The standard InChI is InChI=1S/C19H17NO4S/c1-3-23-16-10-6-7-11-17(16)24-19(21)14-12-25-18(20-14)13-8-4-5-9-15(13)22-2/h4-12H,3H2,1-2H3. The molecule has 0 spiro atoms. The zero-order chi connectivity index (χ0) is 17.6. The molecule has 6 heteroatoms. The van der Waals surface area contributed by atoms with Crippen molar-refractivity contribution in [1.29, 1.82) is 0 Å². The van der Waals surface area contributed by atoms with Crippen LogP contribution in [0.4, 0.5) is 0 Å². The molecule has 3 aromatic rings. The number of nitrogens with zero attached hydrogens (tertiary/aromatic N) is 1. The van der Waals surface area contributed by atoms with Gasteiger partial charge < -0.3 is 14.2 Å². The van der Waals surface area contributed by atoms with Crippen LogP contribution in [0.5, 0.6) is 17.2 Å². The quantitative estimate of drug-likeness (QED) is 0.483. The van der Waals surface area contributed by atoms with Crippen LogP contribution < -0.4 is 14.2 Å². The number of rotatable bonds is 6. The Kier molecular flexibility index (Phi) is 5.30. The Bertz CT molecular complexity index is 875. The Morgan fingerprint density at radius 3 is 2.44 bits per heavy atom. The van der Waals surface area contributed by atoms with Gasteiger partial charge in [0.25, 0.3) is 0 Å². The Labute approximate surface area is 149 Å². The normalized spacial score (nSPS) is 10.3. The summed E-state index contributed by atoms with van der Waals surface area (Å²) < 4.78 is 16.2. The van der Waals surface area contributed by atoms with Crippen molar-refractivity contribution in [3.8, 4) is 27.8 Å². The van der Waals surface area contributed by atoms with Crippen molar-refractivity contribution >= 4 is 17.3 Å². The molecular weight excluding hydrogens is 338 g/mol. The topological polar surface area (TPSA) is 57.7 Å². The van der Waals surface area contributed by atoms with E-state index in [-0.39, 0.29) is 5.69 Å². The van der Waals surface area contributed by atoms with Crippen LogP contribution in [0.2, 0.25) is 0 Å². The molecule has 1 aromatic heterocycles. The third-order valence-electron chi connectivity index (χ3n) is 3.40. The summed E-state index contributed by atoms with van der Waals surface area (Å²) in [5, 5.41) is 2.37. The summed E-state index contributed by atoms with van der Waals surface area (Å²) in [6.45, 7) is 2.36. The molecule has 2 aromatic carbocycles. The highest BCUT2D eigenvalue weighted by Gasteiger charge is 2.17. The minimum absolute atomic E-state index is 0.247. The summed E-state index contributed by atoms with van der Waals surface area (Å²) in [4.78, 5) is 16.8. The number of methoxy groups -OCH3 is 1. The minimum Gasteiger partial charge on any atom is -0.496 e. The fourth-order valence-electron chi connectivity index (χ4n) is 2.27. The van der Waals surface area contributed by atoms with E-state index < -0.39 is 5.97 Å². The fraction of sp³-hybridized carbons (Fsp3) is 0.158. The van der Waals surface area contributed by atoms with Crippen LogP contribution in [-0.2, 0) is 0 Å². The second-order valence-electron chi connectivity index (χ2n) is 5.01. The van der Waals surface area contributed by atoms with Crippen molar-refractivity contribution in [3.63, 3.8) is 0 Å². The van der Waals surface area contributed by atoms with E-state index in [2.05, 4.69) is 4.98 Å². The van der Waals surface area contributed by atoms with Gasteiger partial charge in [0.1, 0.15) is 10.8 Å². The molecule has 0 aliphatic rings. The predicted octanol–water partition coefficient (Wildman–Crippen LogP) is 4.44. The summed E-state index contributed by atoms with van der Waals surface area (Å²) in [5.74, 6) is 1.09. The molecule has 0 unspecified atom stereocenters. The van der Waals surface area contributed by atoms with Crippen molar-refractivity contribution in [2.45, 2.75) is 6.92 Å². The molecule has 0 radical (unpaired) electrons. The van der Waals surface area contributed by atoms with Gasteiger partial charge in [-0.15, -0.1) is 11.3 Å². The smallest absolute Gasteiger partial charge is 0.363 e. The van der Waals surface area contributed by atoms with Crippen LogP contribution >= 0.6 is 11.3 Å². The van der Waals surface area contributed by atoms with Crippen LogP contribution in [0, 0.1) is 0 Å². The van der Waals surface area contributed by atoms with Gasteiger partial charge in [0.05, 0.1) is 19.3 Å². The van der Waals surface area contributed by atoms with Gasteiger partial charge in [-0.25, -0.2) is 9.78 Å². The van der Waals surface area contributed by atoms with Gasteiger partial charge in [0.2, 0.25) is 0 Å². The lowest BCUT2D eigenvalue weighted by molar-refractivity contribution is 0.0723. The predicted molar refractivity (Wildman–Crippen MR) is 96.7 cm³/mol. The molecule has 0 fully saturated rings. The molecule has 1 heterocycles. The van der Waals surface area contributed by atoms with Gasteiger partial charge in [0.15, 0.2) is 17.2 Å². The number of benzene rings is 2. The number of thiazole rings is 1. The first-order valence-electron chi connectivity index (χ1n) is 7.76. The summed E-state index contributed by atoms with van der Waals surface area (Å²) in [6.07, 6.45) is 0. The van der Waals surface area contributed by atoms with Gasteiger partial charge >= 0.3 is 5.97 Å². The molecular formula is C19H17NO4S. The third-order valence-corrected chi connectivity index (χ3v) is 4.28. The van der Waals surface area contributed by atoms with E-state index in [4.69, 9.17) is 14.2 Å². The van der Waals surface area contributed by atoms with Crippen molar-refractivity contribution in [2.24, 2.45) is 0 Å². The van der Waals surface area contributed by atoms with Crippen LogP contribution in [-0.4, -0.2) is 24.7 Å². The first kappa shape index (κ1) is 17.0. The molecule has 0 bridgehead atoms. The highest BCUT2D eigenvalue weighted by molar-refractivity contribution is 7.13. The Hall–Kier alpha value is -2.86. The number of ether oxygens (including phenoxy) is 3. The molecule has 5 nitrogen and oxygen atoms in total. The minimum atomic E-state index is -0.524. The Balaban J connectivity index is 1.82. The van der Waals surface area contributed by atoms with Gasteiger partial charge in [0, 0.05) is 5.38 Å². The van der Waals surface area contributed by atoms with E-state index in [1.54, 1.807) is 30.7 Å². The maximum absolute atomic E-state index is 12.4. The van der Waals surface area contributed by atoms with Crippen molar-refractivity contribution < 1.29 is 19.0 Å². The van der Waals surface area contributed by atoms with E-state index >= 15 is 0 Å². The molecule has 0 amide bonds. The monoisotopic (exact) mass is 355 g/mol. The van der Waals surface area contributed by atoms with Gasteiger partial charge in [-0.05, 0) is 31.2 Å². The Morgan fingerprint density at radius 2 is 1.72 bits per heavy atom. The molecule has 0 aliphatic carbocycles. The van der Waals surface area contributed by atoms with E-state index in [1.165, 1.54) is 11.3 Å². The largest absolute Gasteiger partial charge is 0.496 e. The highest BCUT2D eigenvalue weighted by Crippen LogP contribution is 2.32. The molecule has 0 atom stereocenters. The average molecular weight is 355 g/mol. The first-order chi connectivity index (χ1) is 12.2. The van der Waals surface area contributed by atoms with E-state index in [9.17, 15) is 4.79 Å². The molecule has 0 N–H and O–H groups in total. The lowest BCUT2D eigenvalue weighted by Gasteiger charge is -2.09. The molecule has 0 aliphatic heterocycles. The second-order valence-corrected chi connectivity index (χ2v) is 5.87. The lowest BCUT2D eigenvalue weighted by Crippen LogP contribution is -2.10. The van der Waals surface area contributed by atoms with Gasteiger partial charge in [-0.2, -0.15) is 0 Å². The summed E-state index contributed by atoms with van der Waals surface area (Å²) in [6, 6.07) is 14.6. The number of hydrogen-bond donors (Lipinski definition) is 0. The summed E-state index contributed by atoms with van der Waals surface area (Å²) in [7, 11) is 1.60. The van der Waals surface area contributed by atoms with Crippen LogP contribution in [0.3, 0.4) is 0 Å². The maximum Gasteiger partial charge on any atom is 0.363 e. The molecule has 25 heavy (non-hydrogen) atoms. The zero-order valence-corrected chi connectivity index (χ0v) is 14.7. The second kappa shape index (κ2) is 7.81. The van der Waals surface area contributed by atoms with E-state index in [0.29, 0.717) is 28.9 Å². The first-order valence-corrected chi connectivity index (χ1v) is 8.63. The van der Waals surface area contributed by atoms with Gasteiger partial charge in [-0.1, -0.05) is 24.3 Å². The van der Waals surface area contributed by atoms with Crippen molar-refractivity contribution in [1.82, 2.24) is 4.98 Å². The molecule has 128 valence electrons.